The van der Waals surface area contributed by atoms with E-state index in [4.69, 9.17) is 4.74 Å². The number of hydrogen-bond acceptors (Lipinski definition) is 4. The highest BCUT2D eigenvalue weighted by molar-refractivity contribution is 7.65. The predicted octanol–water partition coefficient (Wildman–Crippen LogP) is 5.00. The summed E-state index contributed by atoms with van der Waals surface area (Å²) >= 11 is 0. The number of benzene rings is 1. The van der Waals surface area contributed by atoms with Crippen molar-refractivity contribution in [1.82, 2.24) is 4.90 Å². The Kier molecular flexibility index (Phi) is 7.33. The minimum absolute atomic E-state index is 0.306. The summed E-state index contributed by atoms with van der Waals surface area (Å²) < 4.78 is 17.8. The molecule has 3 aliphatic rings. The lowest BCUT2D eigenvalue weighted by atomic mass is 9.87. The van der Waals surface area contributed by atoms with Crippen LogP contribution in [0.2, 0.25) is 0 Å². The minimum atomic E-state index is -3.29. The van der Waals surface area contributed by atoms with Crippen molar-refractivity contribution in [2.24, 2.45) is 11.8 Å². The van der Waals surface area contributed by atoms with Crippen LogP contribution in [0.5, 0.6) is 0 Å². The standard InChI is InChI=1S/C25H39N2O4P/c1-20-7-5-3-4-6-8-21(17-20)18-26-15-13-25(14-16-26)19-27(24(28)31-25)22-9-11-23(12-10-22)32(2,29)30/h9-12,20-21H,3-8,13-19H2,1-2H3,(H,29,30). The highest BCUT2D eigenvalue weighted by atomic mass is 31.2. The zero-order chi connectivity index (χ0) is 22.8. The molecule has 32 heavy (non-hydrogen) atoms. The lowest BCUT2D eigenvalue weighted by Gasteiger charge is -2.39. The molecule has 6 nitrogen and oxygen atoms in total. The first-order valence-corrected chi connectivity index (χ1v) is 14.5. The molecule has 0 radical (unpaired) electrons. The molecule has 1 aromatic rings. The molecule has 3 atom stereocenters. The number of piperidine rings is 1. The summed E-state index contributed by atoms with van der Waals surface area (Å²) in [5, 5.41) is 0.399. The maximum Gasteiger partial charge on any atom is 0.415 e. The Morgan fingerprint density at radius 1 is 1.09 bits per heavy atom. The van der Waals surface area contributed by atoms with Gasteiger partial charge in [-0.15, -0.1) is 0 Å². The average molecular weight is 463 g/mol. The van der Waals surface area contributed by atoms with E-state index in [-0.39, 0.29) is 6.09 Å². The van der Waals surface area contributed by atoms with Crippen molar-refractivity contribution in [3.8, 4) is 0 Å². The lowest BCUT2D eigenvalue weighted by molar-refractivity contribution is -0.00346. The molecule has 178 valence electrons. The van der Waals surface area contributed by atoms with Crippen LogP contribution in [0.4, 0.5) is 10.5 Å². The quantitative estimate of drug-likeness (QED) is 0.638. The molecule has 0 bridgehead atoms. The summed E-state index contributed by atoms with van der Waals surface area (Å²) in [6.07, 6.45) is 11.0. The number of anilines is 1. The van der Waals surface area contributed by atoms with Crippen molar-refractivity contribution >= 4 is 24.5 Å². The first-order chi connectivity index (χ1) is 15.2. The number of carbonyl (C=O) groups is 1. The van der Waals surface area contributed by atoms with Crippen molar-refractivity contribution in [3.05, 3.63) is 24.3 Å². The van der Waals surface area contributed by atoms with Crippen molar-refractivity contribution in [3.63, 3.8) is 0 Å². The highest BCUT2D eigenvalue weighted by Crippen LogP contribution is 2.38. The van der Waals surface area contributed by atoms with E-state index in [2.05, 4.69) is 11.8 Å². The van der Waals surface area contributed by atoms with Gasteiger partial charge in [-0.2, -0.15) is 0 Å². The molecule has 2 saturated heterocycles. The second-order valence-corrected chi connectivity index (χ2v) is 12.8. The second kappa shape index (κ2) is 9.87. The molecule has 1 saturated carbocycles. The van der Waals surface area contributed by atoms with Crippen LogP contribution >= 0.6 is 7.37 Å². The third-order valence-corrected chi connectivity index (χ3v) is 8.95. The van der Waals surface area contributed by atoms with Crippen LogP contribution < -0.4 is 10.2 Å². The second-order valence-electron chi connectivity index (χ2n) is 10.5. The number of rotatable bonds is 4. The van der Waals surface area contributed by atoms with Gasteiger partial charge < -0.3 is 14.5 Å². The first kappa shape index (κ1) is 23.8. The van der Waals surface area contributed by atoms with Crippen LogP contribution in [0.25, 0.3) is 0 Å². The molecule has 1 aliphatic carbocycles. The number of likely N-dealkylation sites (tertiary alicyclic amines) is 1. The van der Waals surface area contributed by atoms with Gasteiger partial charge >= 0.3 is 6.09 Å². The Morgan fingerprint density at radius 2 is 1.75 bits per heavy atom. The van der Waals surface area contributed by atoms with E-state index in [1.807, 2.05) is 0 Å². The fraction of sp³-hybridized carbons (Fsp3) is 0.720. The van der Waals surface area contributed by atoms with E-state index >= 15 is 0 Å². The Bertz CT molecular complexity index is 829. The third kappa shape index (κ3) is 5.76. The summed E-state index contributed by atoms with van der Waals surface area (Å²) in [6, 6.07) is 6.76. The summed E-state index contributed by atoms with van der Waals surface area (Å²) in [5.74, 6) is 1.62. The maximum atomic E-state index is 12.7. The normalized spacial score (nSPS) is 29.1. The molecule has 1 spiro atoms. The van der Waals surface area contributed by atoms with Crippen LogP contribution in [0.15, 0.2) is 24.3 Å². The van der Waals surface area contributed by atoms with Crippen LogP contribution in [0, 0.1) is 11.8 Å². The van der Waals surface area contributed by atoms with Gasteiger partial charge in [0.2, 0.25) is 7.37 Å². The van der Waals surface area contributed by atoms with E-state index in [1.54, 1.807) is 29.2 Å². The van der Waals surface area contributed by atoms with Crippen LogP contribution in [-0.4, -0.2) is 54.3 Å². The molecular weight excluding hydrogens is 423 g/mol. The molecule has 2 heterocycles. The van der Waals surface area contributed by atoms with E-state index in [9.17, 15) is 14.3 Å². The molecule has 1 amide bonds. The van der Waals surface area contributed by atoms with Crippen molar-refractivity contribution < 1.29 is 19.0 Å². The van der Waals surface area contributed by atoms with Crippen molar-refractivity contribution in [1.29, 1.82) is 0 Å². The molecule has 3 unspecified atom stereocenters. The Hall–Kier alpha value is -1.36. The van der Waals surface area contributed by atoms with E-state index in [0.29, 0.717) is 11.8 Å². The molecular formula is C25H39N2O4P. The van der Waals surface area contributed by atoms with Gasteiger partial charge in [0.1, 0.15) is 5.60 Å². The number of hydrogen-bond donors (Lipinski definition) is 1. The van der Waals surface area contributed by atoms with Gasteiger partial charge in [-0.3, -0.25) is 9.46 Å². The molecule has 7 heteroatoms. The monoisotopic (exact) mass is 462 g/mol. The van der Waals surface area contributed by atoms with Crippen molar-refractivity contribution in [2.45, 2.75) is 70.3 Å². The number of carbonyl (C=O) groups excluding carboxylic acids is 1. The maximum absolute atomic E-state index is 12.7. The summed E-state index contributed by atoms with van der Waals surface area (Å²) in [5.41, 5.74) is 0.320. The zero-order valence-electron chi connectivity index (χ0n) is 19.7. The summed E-state index contributed by atoms with van der Waals surface area (Å²) in [6.45, 7) is 7.44. The summed E-state index contributed by atoms with van der Waals surface area (Å²) in [7, 11) is -3.29. The molecule has 0 aromatic heterocycles. The van der Waals surface area contributed by atoms with Gasteiger partial charge in [0, 0.05) is 50.1 Å². The topological polar surface area (TPSA) is 70.1 Å². The molecule has 1 N–H and O–H groups in total. The Morgan fingerprint density at radius 3 is 2.41 bits per heavy atom. The van der Waals surface area contributed by atoms with Crippen LogP contribution in [-0.2, 0) is 9.30 Å². The highest BCUT2D eigenvalue weighted by Gasteiger charge is 2.47. The fourth-order valence-electron chi connectivity index (χ4n) is 5.75. The number of ether oxygens (including phenoxy) is 1. The Labute approximate surface area is 192 Å². The molecule has 1 aromatic carbocycles. The largest absolute Gasteiger partial charge is 0.441 e. The van der Waals surface area contributed by atoms with Crippen LogP contribution in [0.1, 0.15) is 64.7 Å². The van der Waals surface area contributed by atoms with E-state index in [0.717, 1.165) is 43.5 Å². The van der Waals surface area contributed by atoms with Gasteiger partial charge in [0.25, 0.3) is 0 Å². The van der Waals surface area contributed by atoms with Gasteiger partial charge in [-0.05, 0) is 48.9 Å². The average Bonchev–Trinajstić information content (AvgIpc) is 3.11. The van der Waals surface area contributed by atoms with Crippen molar-refractivity contribution in [2.75, 3.05) is 37.7 Å². The van der Waals surface area contributed by atoms with Gasteiger partial charge in [0.05, 0.1) is 6.54 Å². The molecule has 4 rings (SSSR count). The smallest absolute Gasteiger partial charge is 0.415 e. The first-order valence-electron chi connectivity index (χ1n) is 12.4. The number of amides is 1. The van der Waals surface area contributed by atoms with E-state index < -0.39 is 13.0 Å². The molecule has 2 aliphatic heterocycles. The van der Waals surface area contributed by atoms with Crippen LogP contribution in [0.3, 0.4) is 0 Å². The van der Waals surface area contributed by atoms with Gasteiger partial charge in [-0.25, -0.2) is 4.79 Å². The van der Waals surface area contributed by atoms with Gasteiger partial charge in [0.15, 0.2) is 0 Å². The Balaban J connectivity index is 1.33. The third-order valence-electron chi connectivity index (χ3n) is 7.69. The fourth-order valence-corrected chi connectivity index (χ4v) is 6.45. The summed E-state index contributed by atoms with van der Waals surface area (Å²) in [4.78, 5) is 26.7. The molecule has 3 fully saturated rings. The predicted molar refractivity (Wildman–Crippen MR) is 129 cm³/mol. The lowest BCUT2D eigenvalue weighted by Crippen LogP contribution is -2.48. The number of nitrogens with zero attached hydrogens (tertiary/aromatic N) is 2. The van der Waals surface area contributed by atoms with E-state index in [1.165, 1.54) is 58.2 Å². The minimum Gasteiger partial charge on any atom is -0.441 e. The SMILES string of the molecule is CC1CCCCCCC(CN2CCC3(CC2)CN(c2ccc(P(C)(=O)O)cc2)C(=O)O3)C1. The van der Waals surface area contributed by atoms with Gasteiger partial charge in [-0.1, -0.05) is 39.0 Å². The zero-order valence-corrected chi connectivity index (χ0v) is 20.6.